The molecule has 0 radical (unpaired) electrons. The molecule has 4 rings (SSSR count). The van der Waals surface area contributed by atoms with Gasteiger partial charge in [-0.3, -0.25) is 4.79 Å². The highest BCUT2D eigenvalue weighted by atomic mass is 19.2. The maximum absolute atomic E-state index is 13.3. The summed E-state index contributed by atoms with van der Waals surface area (Å²) in [6.07, 6.45) is 5.48. The van der Waals surface area contributed by atoms with Crippen LogP contribution in [0.15, 0.2) is 12.1 Å². The number of halogens is 2. The Kier molecular flexibility index (Phi) is 3.06. The van der Waals surface area contributed by atoms with Gasteiger partial charge >= 0.3 is 0 Å². The van der Waals surface area contributed by atoms with E-state index in [1.807, 2.05) is 4.90 Å². The molecule has 1 saturated carbocycles. The molecule has 1 aliphatic heterocycles. The third-order valence-electron chi connectivity index (χ3n) is 4.58. The Morgan fingerprint density at radius 1 is 1.00 bits per heavy atom. The highest BCUT2D eigenvalue weighted by Gasteiger charge is 2.35. The van der Waals surface area contributed by atoms with E-state index in [-0.39, 0.29) is 28.7 Å². The van der Waals surface area contributed by atoms with Crippen LogP contribution in [0.2, 0.25) is 0 Å². The van der Waals surface area contributed by atoms with Crippen molar-refractivity contribution in [2.45, 2.75) is 44.7 Å². The Morgan fingerprint density at radius 2 is 1.64 bits per heavy atom. The number of fused-ring (bicyclic) bond motifs is 2. The predicted octanol–water partition coefficient (Wildman–Crippen LogP) is 3.20. The minimum atomic E-state index is -0.976. The van der Waals surface area contributed by atoms with E-state index in [1.54, 1.807) is 0 Å². The van der Waals surface area contributed by atoms with Crippen molar-refractivity contribution in [3.63, 3.8) is 0 Å². The zero-order chi connectivity index (χ0) is 15.3. The topological polar surface area (TPSA) is 46.1 Å². The molecule has 0 spiro atoms. The Hall–Kier alpha value is -2.11. The summed E-state index contributed by atoms with van der Waals surface area (Å²) in [5.41, 5.74) is 1.35. The van der Waals surface area contributed by atoms with Crippen molar-refractivity contribution in [1.29, 1.82) is 0 Å². The molecule has 6 heteroatoms. The summed E-state index contributed by atoms with van der Waals surface area (Å²) in [5.74, 6) is -2.06. The first-order chi connectivity index (χ1) is 10.6. The Balaban J connectivity index is 1.74. The quantitative estimate of drug-likeness (QED) is 0.812. The lowest BCUT2D eigenvalue weighted by Crippen LogP contribution is -2.37. The Labute approximate surface area is 126 Å². The summed E-state index contributed by atoms with van der Waals surface area (Å²) in [7, 11) is 0. The molecule has 0 saturated heterocycles. The molecule has 1 aliphatic carbocycles. The maximum Gasteiger partial charge on any atom is 0.275 e. The van der Waals surface area contributed by atoms with Gasteiger partial charge in [0.15, 0.2) is 17.3 Å². The second-order valence-corrected chi connectivity index (χ2v) is 6.00. The van der Waals surface area contributed by atoms with Crippen LogP contribution >= 0.6 is 0 Å². The van der Waals surface area contributed by atoms with E-state index < -0.39 is 11.6 Å². The summed E-state index contributed by atoms with van der Waals surface area (Å²) >= 11 is 0. The van der Waals surface area contributed by atoms with Crippen LogP contribution in [0, 0.1) is 11.6 Å². The maximum atomic E-state index is 13.3. The lowest BCUT2D eigenvalue weighted by Gasteiger charge is -2.30. The number of amides is 1. The molecule has 1 amide bonds. The first kappa shape index (κ1) is 13.5. The van der Waals surface area contributed by atoms with Crippen molar-refractivity contribution < 1.29 is 13.6 Å². The summed E-state index contributed by atoms with van der Waals surface area (Å²) in [5, 5.41) is 0. The molecule has 1 aromatic carbocycles. The normalized spacial score (nSPS) is 19.0. The monoisotopic (exact) mass is 303 g/mol. The van der Waals surface area contributed by atoms with E-state index in [0.717, 1.165) is 37.8 Å². The minimum Gasteiger partial charge on any atom is -0.328 e. The van der Waals surface area contributed by atoms with Gasteiger partial charge < -0.3 is 4.90 Å². The van der Waals surface area contributed by atoms with Crippen LogP contribution in [0.3, 0.4) is 0 Å². The van der Waals surface area contributed by atoms with E-state index >= 15 is 0 Å². The number of nitrogens with zero attached hydrogens (tertiary/aromatic N) is 3. The van der Waals surface area contributed by atoms with Gasteiger partial charge in [0, 0.05) is 18.2 Å². The minimum absolute atomic E-state index is 0.138. The number of benzene rings is 1. The molecule has 0 unspecified atom stereocenters. The van der Waals surface area contributed by atoms with Gasteiger partial charge in [-0.25, -0.2) is 18.7 Å². The Morgan fingerprint density at radius 3 is 2.32 bits per heavy atom. The van der Waals surface area contributed by atoms with E-state index in [9.17, 15) is 13.6 Å². The van der Waals surface area contributed by atoms with Crippen molar-refractivity contribution in [3.05, 3.63) is 35.2 Å². The lowest BCUT2D eigenvalue weighted by molar-refractivity contribution is 0.0655. The fourth-order valence-corrected chi connectivity index (χ4v) is 3.43. The molecule has 2 heterocycles. The van der Waals surface area contributed by atoms with Crippen LogP contribution in [0.25, 0.3) is 11.0 Å². The molecule has 22 heavy (non-hydrogen) atoms. The molecule has 1 aromatic heterocycles. The fraction of sp³-hybridized carbons (Fsp3) is 0.438. The molecular weight excluding hydrogens is 288 g/mol. The van der Waals surface area contributed by atoms with Gasteiger partial charge in [-0.1, -0.05) is 19.3 Å². The lowest BCUT2D eigenvalue weighted by atomic mass is 9.94. The fourth-order valence-electron chi connectivity index (χ4n) is 3.43. The molecule has 0 bridgehead atoms. The van der Waals surface area contributed by atoms with Crippen LogP contribution in [0.1, 0.15) is 48.3 Å². The van der Waals surface area contributed by atoms with Crippen LogP contribution in [0.4, 0.5) is 8.78 Å². The summed E-state index contributed by atoms with van der Waals surface area (Å²) < 4.78 is 26.7. The molecule has 2 aromatic rings. The average Bonchev–Trinajstić information content (AvgIpc) is 2.84. The van der Waals surface area contributed by atoms with Gasteiger partial charge in [0.05, 0.1) is 23.3 Å². The number of carbonyl (C=O) groups excluding carboxylic acids is 1. The number of rotatable bonds is 1. The molecule has 114 valence electrons. The zero-order valence-electron chi connectivity index (χ0n) is 12.0. The second kappa shape index (κ2) is 4.97. The molecule has 2 aliphatic rings. The summed E-state index contributed by atoms with van der Waals surface area (Å²) in [6, 6.07) is 2.26. The van der Waals surface area contributed by atoms with Gasteiger partial charge in [0.1, 0.15) is 0 Å². The molecule has 1 fully saturated rings. The van der Waals surface area contributed by atoms with Crippen molar-refractivity contribution in [1.82, 2.24) is 14.9 Å². The largest absolute Gasteiger partial charge is 0.328 e. The van der Waals surface area contributed by atoms with Crippen molar-refractivity contribution in [2.75, 3.05) is 0 Å². The van der Waals surface area contributed by atoms with Crippen LogP contribution in [0.5, 0.6) is 0 Å². The third-order valence-corrected chi connectivity index (χ3v) is 4.58. The number of hydrogen-bond donors (Lipinski definition) is 0. The third kappa shape index (κ3) is 2.05. The zero-order valence-corrected chi connectivity index (χ0v) is 12.0. The van der Waals surface area contributed by atoms with E-state index in [0.29, 0.717) is 12.2 Å². The van der Waals surface area contributed by atoms with Crippen LogP contribution < -0.4 is 0 Å². The molecule has 0 N–H and O–H groups in total. The van der Waals surface area contributed by atoms with E-state index in [2.05, 4.69) is 9.97 Å². The second-order valence-electron chi connectivity index (χ2n) is 6.00. The van der Waals surface area contributed by atoms with Gasteiger partial charge in [-0.05, 0) is 12.8 Å². The first-order valence-electron chi connectivity index (χ1n) is 7.60. The van der Waals surface area contributed by atoms with Gasteiger partial charge in [-0.15, -0.1) is 0 Å². The SMILES string of the molecule is O=C1c2nc3cc(F)c(F)cc3nc2CN1C1CCCCC1. The number of carbonyl (C=O) groups is 1. The standard InChI is InChI=1S/C16H15F2N3O/c17-10-6-12-13(7-11(10)18)20-15-14(19-12)8-21(16(15)22)9-4-2-1-3-5-9/h6-7,9H,1-5,8H2. The van der Waals surface area contributed by atoms with Crippen molar-refractivity contribution in [2.24, 2.45) is 0 Å². The van der Waals surface area contributed by atoms with Crippen molar-refractivity contribution >= 4 is 16.9 Å². The van der Waals surface area contributed by atoms with E-state index in [4.69, 9.17) is 0 Å². The van der Waals surface area contributed by atoms with Crippen LogP contribution in [-0.4, -0.2) is 26.8 Å². The Bertz CT molecular complexity index is 772. The van der Waals surface area contributed by atoms with E-state index in [1.165, 1.54) is 6.42 Å². The van der Waals surface area contributed by atoms with Gasteiger partial charge in [0.2, 0.25) is 0 Å². The van der Waals surface area contributed by atoms with Crippen molar-refractivity contribution in [3.8, 4) is 0 Å². The highest BCUT2D eigenvalue weighted by molar-refractivity contribution is 5.97. The summed E-state index contributed by atoms with van der Waals surface area (Å²) in [6.45, 7) is 0.417. The smallest absolute Gasteiger partial charge is 0.275 e. The first-order valence-corrected chi connectivity index (χ1v) is 7.60. The molecular formula is C16H15F2N3O. The van der Waals surface area contributed by atoms with Gasteiger partial charge in [-0.2, -0.15) is 0 Å². The van der Waals surface area contributed by atoms with Crippen LogP contribution in [-0.2, 0) is 6.54 Å². The average molecular weight is 303 g/mol. The number of hydrogen-bond acceptors (Lipinski definition) is 3. The molecule has 0 atom stereocenters. The summed E-state index contributed by atoms with van der Waals surface area (Å²) in [4.78, 5) is 22.9. The highest BCUT2D eigenvalue weighted by Crippen LogP contribution is 2.30. The van der Waals surface area contributed by atoms with Gasteiger partial charge in [0.25, 0.3) is 5.91 Å². The predicted molar refractivity (Wildman–Crippen MR) is 76.2 cm³/mol. The number of aromatic nitrogens is 2. The molecule has 4 nitrogen and oxygen atoms in total.